The Hall–Kier alpha value is -2.54. The van der Waals surface area contributed by atoms with E-state index in [4.69, 9.17) is 9.47 Å². The number of fused-ring (bicyclic) bond motifs is 1. The molecule has 1 atom stereocenters. The van der Waals surface area contributed by atoms with E-state index >= 15 is 0 Å². The second-order valence-corrected chi connectivity index (χ2v) is 9.15. The Labute approximate surface area is 182 Å². The minimum Gasteiger partial charge on any atom is -0.497 e. The Morgan fingerprint density at radius 1 is 1.06 bits per heavy atom. The molecule has 5 rings (SSSR count). The number of hydrogen-bond donors (Lipinski definition) is 1. The van der Waals surface area contributed by atoms with Gasteiger partial charge in [-0.2, -0.15) is 0 Å². The lowest BCUT2D eigenvalue weighted by Gasteiger charge is -2.51. The molecule has 1 aromatic carbocycles. The van der Waals surface area contributed by atoms with Crippen LogP contribution in [-0.4, -0.2) is 72.6 Å². The first kappa shape index (κ1) is 20.4. The number of H-pyrrole nitrogens is 1. The fraction of sp³-hybridized carbons (Fsp3) is 0.583. The molecule has 0 saturated carbocycles. The van der Waals surface area contributed by atoms with Gasteiger partial charge in [0.15, 0.2) is 0 Å². The van der Waals surface area contributed by atoms with E-state index in [1.807, 2.05) is 34.1 Å². The van der Waals surface area contributed by atoms with Crippen molar-refractivity contribution in [2.45, 2.75) is 44.6 Å². The Morgan fingerprint density at radius 3 is 2.58 bits per heavy atom. The molecule has 7 heteroatoms. The maximum Gasteiger partial charge on any atom is 0.271 e. The third-order valence-electron chi connectivity index (χ3n) is 7.43. The molecule has 1 unspecified atom stereocenters. The molecule has 1 aromatic heterocycles. The zero-order chi connectivity index (χ0) is 21.4. The number of aromatic nitrogens is 1. The fourth-order valence-electron chi connectivity index (χ4n) is 5.73. The number of piperidine rings is 1. The number of amides is 2. The van der Waals surface area contributed by atoms with Gasteiger partial charge < -0.3 is 24.3 Å². The lowest BCUT2D eigenvalue weighted by atomic mass is 9.67. The predicted molar refractivity (Wildman–Crippen MR) is 117 cm³/mol. The SMILES string of the molecule is COc1ccc2cc(C(=O)N3CCCC4(CCOCC4)C3C(=O)N3CCCC3)[nH]c2c1. The summed E-state index contributed by atoms with van der Waals surface area (Å²) >= 11 is 0. The van der Waals surface area contributed by atoms with E-state index in [1.54, 1.807) is 7.11 Å². The predicted octanol–water partition coefficient (Wildman–Crippen LogP) is 3.20. The smallest absolute Gasteiger partial charge is 0.271 e. The first-order chi connectivity index (χ1) is 15.1. The minimum absolute atomic E-state index is 0.0849. The zero-order valence-corrected chi connectivity index (χ0v) is 18.2. The second-order valence-electron chi connectivity index (χ2n) is 9.15. The zero-order valence-electron chi connectivity index (χ0n) is 18.2. The van der Waals surface area contributed by atoms with Crippen molar-refractivity contribution in [1.29, 1.82) is 0 Å². The van der Waals surface area contributed by atoms with Crippen molar-refractivity contribution >= 4 is 22.7 Å². The molecule has 7 nitrogen and oxygen atoms in total. The minimum atomic E-state index is -0.406. The Morgan fingerprint density at radius 2 is 1.84 bits per heavy atom. The van der Waals surface area contributed by atoms with Gasteiger partial charge in [0.05, 0.1) is 7.11 Å². The number of hydrogen-bond acceptors (Lipinski definition) is 4. The molecule has 0 radical (unpaired) electrons. The molecule has 2 amide bonds. The van der Waals surface area contributed by atoms with Crippen LogP contribution in [-0.2, 0) is 9.53 Å². The Kier molecular flexibility index (Phi) is 5.38. The summed E-state index contributed by atoms with van der Waals surface area (Å²) in [6.45, 7) is 3.55. The highest BCUT2D eigenvalue weighted by Crippen LogP contribution is 2.45. The van der Waals surface area contributed by atoms with Crippen LogP contribution in [0, 0.1) is 5.41 Å². The molecular weight excluding hydrogens is 394 g/mol. The quantitative estimate of drug-likeness (QED) is 0.820. The van der Waals surface area contributed by atoms with Gasteiger partial charge in [0, 0.05) is 55.2 Å². The first-order valence-electron chi connectivity index (χ1n) is 11.5. The maximum absolute atomic E-state index is 13.7. The number of carbonyl (C=O) groups is 2. The number of likely N-dealkylation sites (tertiary alicyclic amines) is 2. The highest BCUT2D eigenvalue weighted by molar-refractivity contribution is 6.00. The van der Waals surface area contributed by atoms with E-state index in [0.29, 0.717) is 25.5 Å². The highest BCUT2D eigenvalue weighted by Gasteiger charge is 2.52. The second kappa shape index (κ2) is 8.19. The maximum atomic E-state index is 13.7. The Bertz CT molecular complexity index is 967. The van der Waals surface area contributed by atoms with Gasteiger partial charge in [-0.25, -0.2) is 0 Å². The summed E-state index contributed by atoms with van der Waals surface area (Å²) in [6, 6.07) is 7.22. The first-order valence-corrected chi connectivity index (χ1v) is 11.5. The summed E-state index contributed by atoms with van der Waals surface area (Å²) in [5.74, 6) is 0.790. The average molecular weight is 426 g/mol. The van der Waals surface area contributed by atoms with Gasteiger partial charge in [0.2, 0.25) is 5.91 Å². The van der Waals surface area contributed by atoms with E-state index in [2.05, 4.69) is 4.98 Å². The van der Waals surface area contributed by atoms with Crippen molar-refractivity contribution in [2.75, 3.05) is 40.0 Å². The third-order valence-corrected chi connectivity index (χ3v) is 7.43. The molecule has 166 valence electrons. The van der Waals surface area contributed by atoms with Crippen molar-refractivity contribution in [3.8, 4) is 5.75 Å². The summed E-state index contributed by atoms with van der Waals surface area (Å²) in [6.07, 6.45) is 5.67. The number of aromatic amines is 1. The van der Waals surface area contributed by atoms with Crippen molar-refractivity contribution in [3.05, 3.63) is 30.0 Å². The van der Waals surface area contributed by atoms with Crippen LogP contribution < -0.4 is 4.74 Å². The molecule has 2 aromatic rings. The summed E-state index contributed by atoms with van der Waals surface area (Å²) < 4.78 is 11.0. The molecule has 0 bridgehead atoms. The summed E-state index contributed by atoms with van der Waals surface area (Å²) in [7, 11) is 1.63. The molecular formula is C24H31N3O4. The third kappa shape index (κ3) is 3.59. The van der Waals surface area contributed by atoms with Gasteiger partial charge in [-0.1, -0.05) is 0 Å². The normalized spacial score (nSPS) is 23.5. The number of rotatable bonds is 3. The molecule has 3 aliphatic rings. The van der Waals surface area contributed by atoms with Gasteiger partial charge >= 0.3 is 0 Å². The van der Waals surface area contributed by atoms with Gasteiger partial charge in [-0.05, 0) is 56.7 Å². The van der Waals surface area contributed by atoms with Crippen LogP contribution in [0.4, 0.5) is 0 Å². The molecule has 3 saturated heterocycles. The lowest BCUT2D eigenvalue weighted by molar-refractivity contribution is -0.147. The number of nitrogens with one attached hydrogen (secondary N) is 1. The van der Waals surface area contributed by atoms with E-state index in [1.165, 1.54) is 0 Å². The number of nitrogens with zero attached hydrogens (tertiary/aromatic N) is 2. The van der Waals surface area contributed by atoms with Crippen LogP contribution in [0.3, 0.4) is 0 Å². The van der Waals surface area contributed by atoms with Gasteiger partial charge in [-0.3, -0.25) is 9.59 Å². The average Bonchev–Trinajstić information content (AvgIpc) is 3.48. The van der Waals surface area contributed by atoms with Gasteiger partial charge in [0.25, 0.3) is 5.91 Å². The van der Waals surface area contributed by atoms with Crippen LogP contribution in [0.15, 0.2) is 24.3 Å². The summed E-state index contributed by atoms with van der Waals surface area (Å²) in [5.41, 5.74) is 1.22. The van der Waals surface area contributed by atoms with Crippen LogP contribution in [0.25, 0.3) is 10.9 Å². The van der Waals surface area contributed by atoms with Crippen molar-refractivity contribution < 1.29 is 19.1 Å². The van der Waals surface area contributed by atoms with E-state index < -0.39 is 6.04 Å². The fourth-order valence-corrected chi connectivity index (χ4v) is 5.73. The van der Waals surface area contributed by atoms with E-state index in [0.717, 1.165) is 68.3 Å². The van der Waals surface area contributed by atoms with Crippen molar-refractivity contribution in [2.24, 2.45) is 5.41 Å². The van der Waals surface area contributed by atoms with Crippen molar-refractivity contribution in [1.82, 2.24) is 14.8 Å². The number of benzene rings is 1. The van der Waals surface area contributed by atoms with Crippen LogP contribution in [0.1, 0.15) is 49.0 Å². The van der Waals surface area contributed by atoms with Gasteiger partial charge in [0.1, 0.15) is 17.5 Å². The molecule has 31 heavy (non-hydrogen) atoms. The summed E-state index contributed by atoms with van der Waals surface area (Å²) in [4.78, 5) is 34.6. The molecule has 1 N–H and O–H groups in total. The lowest BCUT2D eigenvalue weighted by Crippen LogP contribution is -2.62. The monoisotopic (exact) mass is 425 g/mol. The van der Waals surface area contributed by atoms with Crippen LogP contribution >= 0.6 is 0 Å². The molecule has 3 aliphatic heterocycles. The standard InChI is InChI=1S/C24H31N3O4/c1-30-18-6-5-17-15-20(25-19(17)16-18)22(28)27-12-4-7-24(8-13-31-14-9-24)21(27)23(29)26-10-2-3-11-26/h5-6,15-16,21,25H,2-4,7-14H2,1H3. The summed E-state index contributed by atoms with van der Waals surface area (Å²) in [5, 5.41) is 0.962. The Balaban J connectivity index is 1.50. The number of ether oxygens (including phenoxy) is 2. The van der Waals surface area contributed by atoms with E-state index in [-0.39, 0.29) is 17.2 Å². The molecule has 1 spiro atoms. The topological polar surface area (TPSA) is 74.9 Å². The molecule has 4 heterocycles. The number of carbonyl (C=O) groups excluding carboxylic acids is 2. The van der Waals surface area contributed by atoms with E-state index in [9.17, 15) is 9.59 Å². The number of methoxy groups -OCH3 is 1. The highest BCUT2D eigenvalue weighted by atomic mass is 16.5. The van der Waals surface area contributed by atoms with Crippen LogP contribution in [0.5, 0.6) is 5.75 Å². The largest absolute Gasteiger partial charge is 0.497 e. The molecule has 0 aliphatic carbocycles. The molecule has 3 fully saturated rings. The van der Waals surface area contributed by atoms with Crippen molar-refractivity contribution in [3.63, 3.8) is 0 Å². The van der Waals surface area contributed by atoms with Crippen LogP contribution in [0.2, 0.25) is 0 Å². The van der Waals surface area contributed by atoms with Gasteiger partial charge in [-0.15, -0.1) is 0 Å².